The number of halogens is 1. The van der Waals surface area contributed by atoms with Crippen molar-refractivity contribution in [3.63, 3.8) is 0 Å². The second-order valence-electron chi connectivity index (χ2n) is 4.76. The van der Waals surface area contributed by atoms with Crippen molar-refractivity contribution in [1.82, 2.24) is 15.3 Å². The molecule has 2 aromatic rings. The van der Waals surface area contributed by atoms with Crippen LogP contribution in [0, 0.1) is 6.92 Å². The van der Waals surface area contributed by atoms with E-state index in [1.807, 2.05) is 18.2 Å². The van der Waals surface area contributed by atoms with Crippen LogP contribution in [-0.2, 0) is 0 Å². The third-order valence-corrected chi connectivity index (χ3v) is 4.41. The number of rotatable bonds is 5. The maximum absolute atomic E-state index is 11.5. The number of aromatic nitrogens is 2. The number of H-pyrrole nitrogens is 1. The Balaban J connectivity index is 2.23. The van der Waals surface area contributed by atoms with Crippen LogP contribution < -0.4 is 10.9 Å². The summed E-state index contributed by atoms with van der Waals surface area (Å²) in [6.07, 6.45) is 0. The lowest BCUT2D eigenvalue weighted by Crippen LogP contribution is -2.17. The van der Waals surface area contributed by atoms with Gasteiger partial charge in [0.15, 0.2) is 5.16 Å². The minimum Gasteiger partial charge on any atom is -0.310 e. The molecule has 112 valence electrons. The third-order valence-electron chi connectivity index (χ3n) is 3.02. The first-order valence-corrected chi connectivity index (χ1v) is 7.97. The van der Waals surface area contributed by atoms with Crippen molar-refractivity contribution < 1.29 is 0 Å². The standard InChI is InChI=1S/C15H18ClN3OS/c1-4-17-10(3)11-5-6-13(12(16)8-11)21-15-18-9(2)7-14(20)19-15/h5-8,10,17H,4H2,1-3H3,(H,18,19,20). The van der Waals surface area contributed by atoms with Crippen molar-refractivity contribution in [3.8, 4) is 0 Å². The molecule has 0 bridgehead atoms. The first-order valence-electron chi connectivity index (χ1n) is 6.78. The lowest BCUT2D eigenvalue weighted by molar-refractivity contribution is 0.598. The van der Waals surface area contributed by atoms with E-state index in [9.17, 15) is 4.79 Å². The molecule has 0 saturated carbocycles. The van der Waals surface area contributed by atoms with Gasteiger partial charge in [0, 0.05) is 22.7 Å². The zero-order valence-electron chi connectivity index (χ0n) is 12.2. The summed E-state index contributed by atoms with van der Waals surface area (Å²) < 4.78 is 0. The van der Waals surface area contributed by atoms with Crippen molar-refractivity contribution in [2.75, 3.05) is 6.54 Å². The van der Waals surface area contributed by atoms with E-state index in [0.717, 1.165) is 17.0 Å². The molecule has 2 rings (SSSR count). The fourth-order valence-electron chi connectivity index (χ4n) is 2.00. The molecule has 4 nitrogen and oxygen atoms in total. The van der Waals surface area contributed by atoms with Crippen LogP contribution in [-0.4, -0.2) is 16.5 Å². The molecule has 21 heavy (non-hydrogen) atoms. The number of hydrogen-bond donors (Lipinski definition) is 2. The molecule has 0 spiro atoms. The molecule has 1 atom stereocenters. The average molecular weight is 324 g/mol. The van der Waals surface area contributed by atoms with Gasteiger partial charge in [-0.2, -0.15) is 0 Å². The summed E-state index contributed by atoms with van der Waals surface area (Å²) >= 11 is 7.69. The predicted octanol–water partition coefficient (Wildman–Crippen LogP) is 3.55. The molecule has 1 aromatic carbocycles. The molecular weight excluding hydrogens is 306 g/mol. The van der Waals surface area contributed by atoms with Crippen molar-refractivity contribution in [3.05, 3.63) is 50.9 Å². The molecule has 0 amide bonds. The highest BCUT2D eigenvalue weighted by Crippen LogP contribution is 2.32. The fraction of sp³-hybridized carbons (Fsp3) is 0.333. The topological polar surface area (TPSA) is 57.8 Å². The van der Waals surface area contributed by atoms with Gasteiger partial charge in [-0.05, 0) is 38.1 Å². The summed E-state index contributed by atoms with van der Waals surface area (Å²) in [4.78, 5) is 19.3. The summed E-state index contributed by atoms with van der Waals surface area (Å²) in [5.41, 5.74) is 1.67. The first kappa shape index (κ1) is 16.1. The highest BCUT2D eigenvalue weighted by Gasteiger charge is 2.09. The van der Waals surface area contributed by atoms with Gasteiger partial charge in [-0.25, -0.2) is 4.98 Å². The van der Waals surface area contributed by atoms with Gasteiger partial charge in [0.05, 0.1) is 5.02 Å². The minimum atomic E-state index is -0.154. The van der Waals surface area contributed by atoms with Crippen LogP contribution in [0.25, 0.3) is 0 Å². The third kappa shape index (κ3) is 4.33. The molecule has 0 aliphatic carbocycles. The summed E-state index contributed by atoms with van der Waals surface area (Å²) in [5.74, 6) is 0. The Kier molecular flexibility index (Phi) is 5.45. The van der Waals surface area contributed by atoms with Crippen molar-refractivity contribution in [2.45, 2.75) is 36.9 Å². The highest BCUT2D eigenvalue weighted by molar-refractivity contribution is 7.99. The van der Waals surface area contributed by atoms with Gasteiger partial charge in [0.2, 0.25) is 0 Å². The SMILES string of the molecule is CCNC(C)c1ccc(Sc2nc(C)cc(=O)[nH]2)c(Cl)c1. The second-order valence-corrected chi connectivity index (χ2v) is 6.20. The van der Waals surface area contributed by atoms with Gasteiger partial charge in [0.25, 0.3) is 5.56 Å². The van der Waals surface area contributed by atoms with Gasteiger partial charge in [-0.3, -0.25) is 4.79 Å². The van der Waals surface area contributed by atoms with Crippen LogP contribution in [0.5, 0.6) is 0 Å². The number of hydrogen-bond acceptors (Lipinski definition) is 4. The Morgan fingerprint density at radius 3 is 2.81 bits per heavy atom. The molecule has 0 saturated heterocycles. The van der Waals surface area contributed by atoms with E-state index >= 15 is 0 Å². The van der Waals surface area contributed by atoms with E-state index in [4.69, 9.17) is 11.6 Å². The molecule has 1 aromatic heterocycles. The lowest BCUT2D eigenvalue weighted by atomic mass is 10.1. The fourth-order valence-corrected chi connectivity index (χ4v) is 3.14. The molecule has 1 heterocycles. The van der Waals surface area contributed by atoms with Crippen LogP contribution in [0.4, 0.5) is 0 Å². The normalized spacial score (nSPS) is 12.4. The van der Waals surface area contributed by atoms with E-state index in [1.165, 1.54) is 17.8 Å². The summed E-state index contributed by atoms with van der Waals surface area (Å²) in [6.45, 7) is 6.87. The molecule has 1 unspecified atom stereocenters. The molecule has 0 aliphatic heterocycles. The first-order chi connectivity index (χ1) is 9.99. The Hall–Kier alpha value is -1.30. The molecule has 0 radical (unpaired) electrons. The molecule has 6 heteroatoms. The summed E-state index contributed by atoms with van der Waals surface area (Å²) in [6, 6.07) is 7.66. The van der Waals surface area contributed by atoms with Crippen molar-refractivity contribution >= 4 is 23.4 Å². The number of aromatic amines is 1. The number of aryl methyl sites for hydroxylation is 1. The van der Waals surface area contributed by atoms with Crippen LogP contribution in [0.1, 0.15) is 31.1 Å². The van der Waals surface area contributed by atoms with Gasteiger partial charge in [0.1, 0.15) is 0 Å². The monoisotopic (exact) mass is 323 g/mol. The van der Waals surface area contributed by atoms with Gasteiger partial charge in [-0.1, -0.05) is 36.4 Å². The lowest BCUT2D eigenvalue weighted by Gasteiger charge is -2.14. The Morgan fingerprint density at radius 2 is 2.19 bits per heavy atom. The zero-order chi connectivity index (χ0) is 15.4. The van der Waals surface area contributed by atoms with Crippen LogP contribution in [0.2, 0.25) is 5.02 Å². The van der Waals surface area contributed by atoms with Crippen molar-refractivity contribution in [1.29, 1.82) is 0 Å². The number of nitrogens with one attached hydrogen (secondary N) is 2. The predicted molar refractivity (Wildman–Crippen MR) is 87.3 cm³/mol. The molecule has 0 fully saturated rings. The van der Waals surface area contributed by atoms with Crippen LogP contribution >= 0.6 is 23.4 Å². The van der Waals surface area contributed by atoms with Crippen molar-refractivity contribution in [2.24, 2.45) is 0 Å². The van der Waals surface area contributed by atoms with E-state index in [0.29, 0.717) is 15.9 Å². The van der Waals surface area contributed by atoms with E-state index < -0.39 is 0 Å². The Morgan fingerprint density at radius 1 is 1.43 bits per heavy atom. The minimum absolute atomic E-state index is 0.154. The van der Waals surface area contributed by atoms with Crippen LogP contribution in [0.3, 0.4) is 0 Å². The van der Waals surface area contributed by atoms with Gasteiger partial charge < -0.3 is 10.3 Å². The smallest absolute Gasteiger partial charge is 0.251 e. The molecule has 2 N–H and O–H groups in total. The van der Waals surface area contributed by atoms with Gasteiger partial charge in [-0.15, -0.1) is 0 Å². The quantitative estimate of drug-likeness (QED) is 0.826. The second kappa shape index (κ2) is 7.11. The maximum atomic E-state index is 11.5. The highest BCUT2D eigenvalue weighted by atomic mass is 35.5. The largest absolute Gasteiger partial charge is 0.310 e. The Bertz CT molecular complexity index is 687. The maximum Gasteiger partial charge on any atom is 0.251 e. The summed E-state index contributed by atoms with van der Waals surface area (Å²) in [5, 5.41) is 4.56. The number of nitrogens with zero attached hydrogens (tertiary/aromatic N) is 1. The van der Waals surface area contributed by atoms with Gasteiger partial charge >= 0.3 is 0 Å². The Labute approximate surface area is 133 Å². The molecule has 0 aliphatic rings. The van der Waals surface area contributed by atoms with E-state index in [1.54, 1.807) is 6.92 Å². The summed E-state index contributed by atoms with van der Waals surface area (Å²) in [7, 11) is 0. The van der Waals surface area contributed by atoms with Crippen LogP contribution in [0.15, 0.2) is 39.1 Å². The zero-order valence-corrected chi connectivity index (χ0v) is 13.8. The average Bonchev–Trinajstić information content (AvgIpc) is 2.40. The molecular formula is C15H18ClN3OS. The number of benzene rings is 1. The van der Waals surface area contributed by atoms with E-state index in [-0.39, 0.29) is 11.6 Å². The van der Waals surface area contributed by atoms with E-state index in [2.05, 4.69) is 29.1 Å².